The first kappa shape index (κ1) is 24.9. The number of carbonyl (C=O) groups excluding carboxylic acids is 4. The van der Waals surface area contributed by atoms with Gasteiger partial charge in [-0.2, -0.15) is 0 Å². The van der Waals surface area contributed by atoms with E-state index in [0.717, 1.165) is 6.04 Å². The van der Waals surface area contributed by atoms with E-state index in [4.69, 9.17) is 14.6 Å². The van der Waals surface area contributed by atoms with Gasteiger partial charge in [0.25, 0.3) is 0 Å². The molecule has 0 radical (unpaired) electrons. The molecule has 0 spiro atoms. The van der Waals surface area contributed by atoms with E-state index in [1.807, 2.05) is 0 Å². The Morgan fingerprint density at radius 1 is 0.889 bits per heavy atom. The zero-order chi connectivity index (χ0) is 20.9. The molecule has 0 aromatic carbocycles. The van der Waals surface area contributed by atoms with Crippen LogP contribution in [0, 0.1) is 0 Å². The summed E-state index contributed by atoms with van der Waals surface area (Å²) >= 11 is 0. The Labute approximate surface area is 159 Å². The van der Waals surface area contributed by atoms with E-state index >= 15 is 0 Å². The Morgan fingerprint density at radius 3 is 2.11 bits per heavy atom. The maximum atomic E-state index is 11.6. The number of ether oxygens (including phenoxy) is 2. The van der Waals surface area contributed by atoms with E-state index < -0.39 is 31.7 Å². The minimum absolute atomic E-state index is 0.0835. The van der Waals surface area contributed by atoms with Gasteiger partial charge in [-0.05, 0) is 6.04 Å². The molecule has 0 fully saturated rings. The number of esters is 1. The summed E-state index contributed by atoms with van der Waals surface area (Å²) in [6.07, 6.45) is -0.642. The first-order valence-corrected chi connectivity index (χ1v) is 12.5. The lowest BCUT2D eigenvalue weighted by Gasteiger charge is -2.15. The van der Waals surface area contributed by atoms with Gasteiger partial charge < -0.3 is 19.9 Å². The lowest BCUT2D eigenvalue weighted by Crippen LogP contribution is -2.30. The summed E-state index contributed by atoms with van der Waals surface area (Å²) in [5.74, 6) is -2.85. The number of rotatable bonds is 15. The van der Waals surface area contributed by atoms with Crippen LogP contribution < -0.4 is 5.32 Å². The number of carboxylic acid groups (broad SMARTS) is 1. The second-order valence-corrected chi connectivity index (χ2v) is 12.9. The van der Waals surface area contributed by atoms with Crippen LogP contribution in [0.25, 0.3) is 0 Å². The van der Waals surface area contributed by atoms with Crippen molar-refractivity contribution in [3.63, 3.8) is 0 Å². The van der Waals surface area contributed by atoms with Gasteiger partial charge in [-0.15, -0.1) is 0 Å². The predicted molar refractivity (Wildman–Crippen MR) is 99.1 cm³/mol. The fourth-order valence-electron chi connectivity index (χ4n) is 1.71. The van der Waals surface area contributed by atoms with Crippen molar-refractivity contribution in [2.45, 2.75) is 51.4 Å². The summed E-state index contributed by atoms with van der Waals surface area (Å²) in [6.45, 7) is 5.96. The molecule has 0 aromatic rings. The molecule has 9 nitrogen and oxygen atoms in total. The van der Waals surface area contributed by atoms with E-state index in [-0.39, 0.29) is 51.2 Å². The fraction of sp³-hybridized carbons (Fsp3) is 0.706. The Bertz CT molecular complexity index is 542. The van der Waals surface area contributed by atoms with Crippen molar-refractivity contribution in [1.82, 2.24) is 5.32 Å². The third kappa shape index (κ3) is 17.1. The summed E-state index contributed by atoms with van der Waals surface area (Å²) < 4.78 is 9.98. The molecule has 0 rings (SSSR count). The van der Waals surface area contributed by atoms with Crippen LogP contribution in [0.4, 0.5) is 0 Å². The Hall–Kier alpha value is -2.07. The van der Waals surface area contributed by atoms with Crippen molar-refractivity contribution < 1.29 is 38.6 Å². The highest BCUT2D eigenvalue weighted by Crippen LogP contribution is 2.07. The minimum Gasteiger partial charge on any atom is -0.481 e. The number of hydrogen-bond acceptors (Lipinski definition) is 7. The van der Waals surface area contributed by atoms with E-state index in [9.17, 15) is 24.0 Å². The van der Waals surface area contributed by atoms with Crippen LogP contribution in [0.2, 0.25) is 25.7 Å². The molecule has 1 amide bonds. The average molecular weight is 404 g/mol. The molecule has 0 aliphatic heterocycles. The fourth-order valence-corrected chi connectivity index (χ4v) is 2.42. The molecule has 154 valence electrons. The summed E-state index contributed by atoms with van der Waals surface area (Å²) in [6, 6.07) is 0.853. The van der Waals surface area contributed by atoms with Gasteiger partial charge in [0.05, 0.1) is 19.6 Å². The molecule has 0 aliphatic rings. The molecular formula is C17H29NO8Si. The van der Waals surface area contributed by atoms with Gasteiger partial charge >= 0.3 is 11.9 Å². The zero-order valence-corrected chi connectivity index (χ0v) is 17.2. The Kier molecular flexibility index (Phi) is 12.1. The van der Waals surface area contributed by atoms with Gasteiger partial charge in [0.15, 0.2) is 11.6 Å². The molecular weight excluding hydrogens is 374 g/mol. The number of hydrogen-bond donors (Lipinski definition) is 2. The first-order chi connectivity index (χ1) is 12.5. The topological polar surface area (TPSA) is 136 Å². The van der Waals surface area contributed by atoms with Crippen molar-refractivity contribution in [1.29, 1.82) is 0 Å². The molecule has 0 saturated carbocycles. The summed E-state index contributed by atoms with van der Waals surface area (Å²) in [5.41, 5.74) is 0. The van der Waals surface area contributed by atoms with Gasteiger partial charge in [0.2, 0.25) is 5.91 Å². The summed E-state index contributed by atoms with van der Waals surface area (Å²) in [4.78, 5) is 56.2. The second kappa shape index (κ2) is 13.1. The van der Waals surface area contributed by atoms with E-state index in [0.29, 0.717) is 6.61 Å². The van der Waals surface area contributed by atoms with Crippen LogP contribution in [0.3, 0.4) is 0 Å². The van der Waals surface area contributed by atoms with Crippen LogP contribution in [0.5, 0.6) is 0 Å². The molecule has 0 atom stereocenters. The normalized spacial score (nSPS) is 10.9. The molecule has 2 N–H and O–H groups in total. The standard InChI is InChI=1S/C17H29NO8Si/c1-27(2,3)9-8-26-17(24)12-25-11-14(20)4-6-15(21)18-10-13(19)5-7-16(22)23/h4-12H2,1-3H3,(H,18,21)(H,22,23). The Balaban J connectivity index is 3.75. The van der Waals surface area contributed by atoms with Gasteiger partial charge in [-0.25, -0.2) is 4.79 Å². The quantitative estimate of drug-likeness (QED) is 0.302. The molecule has 27 heavy (non-hydrogen) atoms. The minimum atomic E-state index is -1.28. The third-order valence-electron chi connectivity index (χ3n) is 3.33. The third-order valence-corrected chi connectivity index (χ3v) is 5.03. The maximum absolute atomic E-state index is 11.6. The SMILES string of the molecule is C[Si](C)(C)CCOC(=O)COCC(=O)CCC(=O)NCC(=O)CCC(=O)O. The monoisotopic (exact) mass is 403 g/mol. The highest BCUT2D eigenvalue weighted by atomic mass is 28.3. The highest BCUT2D eigenvalue weighted by molar-refractivity contribution is 6.76. The number of ketones is 2. The molecule has 0 aliphatic carbocycles. The lowest BCUT2D eigenvalue weighted by atomic mass is 10.2. The van der Waals surface area contributed by atoms with Crippen molar-refractivity contribution in [2.24, 2.45) is 0 Å². The van der Waals surface area contributed by atoms with Gasteiger partial charge in [-0.3, -0.25) is 19.2 Å². The van der Waals surface area contributed by atoms with Gasteiger partial charge in [0.1, 0.15) is 13.2 Å². The van der Waals surface area contributed by atoms with E-state index in [1.165, 1.54) is 0 Å². The second-order valence-electron chi connectivity index (χ2n) is 7.27. The number of Topliss-reactive ketones (excluding diaryl/α,β-unsaturated/α-hetero) is 2. The number of aliphatic carboxylic acids is 1. The van der Waals surface area contributed by atoms with Gasteiger partial charge in [0, 0.05) is 27.3 Å². The van der Waals surface area contributed by atoms with Crippen molar-refractivity contribution in [3.8, 4) is 0 Å². The maximum Gasteiger partial charge on any atom is 0.332 e. The van der Waals surface area contributed by atoms with Crippen molar-refractivity contribution in [3.05, 3.63) is 0 Å². The number of carbonyl (C=O) groups is 5. The zero-order valence-electron chi connectivity index (χ0n) is 16.2. The molecule has 0 heterocycles. The number of amides is 1. The average Bonchev–Trinajstić information content (AvgIpc) is 2.55. The van der Waals surface area contributed by atoms with Crippen LogP contribution in [-0.2, 0) is 33.4 Å². The number of nitrogens with one attached hydrogen (secondary N) is 1. The van der Waals surface area contributed by atoms with E-state index in [2.05, 4.69) is 25.0 Å². The molecule has 10 heteroatoms. The van der Waals surface area contributed by atoms with Crippen LogP contribution in [0.15, 0.2) is 0 Å². The lowest BCUT2D eigenvalue weighted by molar-refractivity contribution is -0.149. The molecule has 0 unspecified atom stereocenters. The van der Waals surface area contributed by atoms with E-state index in [1.54, 1.807) is 0 Å². The van der Waals surface area contributed by atoms with Crippen LogP contribution in [-0.4, -0.2) is 69.0 Å². The predicted octanol–water partition coefficient (Wildman–Crippen LogP) is 0.784. The van der Waals surface area contributed by atoms with Crippen LogP contribution >= 0.6 is 0 Å². The smallest absolute Gasteiger partial charge is 0.332 e. The largest absolute Gasteiger partial charge is 0.481 e. The summed E-state index contributed by atoms with van der Waals surface area (Å²) in [7, 11) is -1.28. The molecule has 0 aromatic heterocycles. The highest BCUT2D eigenvalue weighted by Gasteiger charge is 2.14. The van der Waals surface area contributed by atoms with Crippen molar-refractivity contribution in [2.75, 3.05) is 26.4 Å². The first-order valence-electron chi connectivity index (χ1n) is 8.75. The Morgan fingerprint density at radius 2 is 1.52 bits per heavy atom. The molecule has 0 bridgehead atoms. The van der Waals surface area contributed by atoms with Crippen LogP contribution in [0.1, 0.15) is 25.7 Å². The van der Waals surface area contributed by atoms with Crippen molar-refractivity contribution >= 4 is 37.5 Å². The summed E-state index contributed by atoms with van der Waals surface area (Å²) in [5, 5.41) is 10.8. The van der Waals surface area contributed by atoms with Gasteiger partial charge in [-0.1, -0.05) is 19.6 Å². The molecule has 0 saturated heterocycles. The number of carboxylic acids is 1.